The first-order chi connectivity index (χ1) is 11.8. The number of benzene rings is 1. The van der Waals surface area contributed by atoms with Crippen LogP contribution in [-0.4, -0.2) is 55.9 Å². The molecule has 3 rings (SSSR count). The molecular formula is C18H26BrN3O2. The number of nitrogens with zero attached hydrogens (tertiary/aromatic N) is 2. The average molecular weight is 396 g/mol. The predicted molar refractivity (Wildman–Crippen MR) is 99.2 cm³/mol. The summed E-state index contributed by atoms with van der Waals surface area (Å²) in [6.45, 7) is 6.94. The zero-order valence-corrected chi connectivity index (χ0v) is 15.8. The van der Waals surface area contributed by atoms with Crippen LogP contribution in [0.2, 0.25) is 0 Å². The molecule has 0 aliphatic carbocycles. The summed E-state index contributed by atoms with van der Waals surface area (Å²) in [6, 6.07) is 8.30. The van der Waals surface area contributed by atoms with E-state index in [1.54, 1.807) is 0 Å². The van der Waals surface area contributed by atoms with Crippen molar-refractivity contribution in [2.24, 2.45) is 4.99 Å². The first-order valence-corrected chi connectivity index (χ1v) is 9.56. The Kier molecular flexibility index (Phi) is 6.51. The molecule has 2 atom stereocenters. The minimum Gasteiger partial charge on any atom is -0.375 e. The van der Waals surface area contributed by atoms with Gasteiger partial charge in [0.15, 0.2) is 5.96 Å². The van der Waals surface area contributed by atoms with Crippen LogP contribution in [-0.2, 0) is 16.0 Å². The van der Waals surface area contributed by atoms with Gasteiger partial charge in [0, 0.05) is 30.7 Å². The van der Waals surface area contributed by atoms with E-state index in [2.05, 4.69) is 45.2 Å². The number of rotatable bonds is 4. The second-order valence-electron chi connectivity index (χ2n) is 6.21. The molecule has 0 saturated carbocycles. The van der Waals surface area contributed by atoms with Crippen LogP contribution < -0.4 is 5.32 Å². The lowest BCUT2D eigenvalue weighted by atomic mass is 10.1. The van der Waals surface area contributed by atoms with Crippen LogP contribution >= 0.6 is 15.9 Å². The summed E-state index contributed by atoms with van der Waals surface area (Å²) in [5.41, 5.74) is 1.20. The van der Waals surface area contributed by atoms with Crippen molar-refractivity contribution in [3.8, 4) is 0 Å². The van der Waals surface area contributed by atoms with Crippen molar-refractivity contribution in [1.82, 2.24) is 10.2 Å². The Bertz CT molecular complexity index is 561. The molecule has 2 heterocycles. The number of guanidine groups is 1. The molecule has 6 heteroatoms. The molecule has 1 aromatic carbocycles. The smallest absolute Gasteiger partial charge is 0.194 e. The number of hydrogen-bond donors (Lipinski definition) is 1. The SMILES string of the molecule is CCNC(=NCc1cccc(Br)c1)N1CCOC(C2CCCO2)C1. The quantitative estimate of drug-likeness (QED) is 0.628. The van der Waals surface area contributed by atoms with E-state index in [1.807, 2.05) is 12.1 Å². The first-order valence-electron chi connectivity index (χ1n) is 8.77. The van der Waals surface area contributed by atoms with Crippen molar-refractivity contribution in [2.75, 3.05) is 32.8 Å². The fourth-order valence-electron chi connectivity index (χ4n) is 3.22. The minimum absolute atomic E-state index is 0.149. The molecule has 2 aliphatic heterocycles. The van der Waals surface area contributed by atoms with Crippen LogP contribution in [0.4, 0.5) is 0 Å². The maximum atomic E-state index is 5.94. The molecule has 2 saturated heterocycles. The largest absolute Gasteiger partial charge is 0.375 e. The summed E-state index contributed by atoms with van der Waals surface area (Å²) in [4.78, 5) is 7.13. The standard InChI is InChI=1S/C18H26BrN3O2/c1-2-20-18(21-12-14-5-3-6-15(19)11-14)22-8-10-24-17(13-22)16-7-4-9-23-16/h3,5-6,11,16-17H,2,4,7-10,12-13H2,1H3,(H,20,21). The van der Waals surface area contributed by atoms with Crippen LogP contribution in [0.5, 0.6) is 0 Å². The van der Waals surface area contributed by atoms with E-state index in [4.69, 9.17) is 14.5 Å². The van der Waals surface area contributed by atoms with Gasteiger partial charge in [-0.25, -0.2) is 4.99 Å². The lowest BCUT2D eigenvalue weighted by molar-refractivity contribution is -0.0817. The second-order valence-corrected chi connectivity index (χ2v) is 7.12. The first kappa shape index (κ1) is 17.7. The molecule has 0 radical (unpaired) electrons. The molecule has 2 aliphatic rings. The molecule has 132 valence electrons. The fourth-order valence-corrected chi connectivity index (χ4v) is 3.66. The molecule has 1 N–H and O–H groups in total. The van der Waals surface area contributed by atoms with Crippen LogP contribution in [0.3, 0.4) is 0 Å². The van der Waals surface area contributed by atoms with Crippen LogP contribution in [0.1, 0.15) is 25.3 Å². The molecular weight excluding hydrogens is 370 g/mol. The summed E-state index contributed by atoms with van der Waals surface area (Å²) in [5.74, 6) is 0.962. The minimum atomic E-state index is 0.149. The summed E-state index contributed by atoms with van der Waals surface area (Å²) in [6.07, 6.45) is 2.63. The third-order valence-corrected chi connectivity index (χ3v) is 4.90. The summed E-state index contributed by atoms with van der Waals surface area (Å²) >= 11 is 3.52. The van der Waals surface area contributed by atoms with Crippen molar-refractivity contribution in [3.63, 3.8) is 0 Å². The van der Waals surface area contributed by atoms with E-state index >= 15 is 0 Å². The van der Waals surface area contributed by atoms with Crippen molar-refractivity contribution in [1.29, 1.82) is 0 Å². The van der Waals surface area contributed by atoms with Gasteiger partial charge in [-0.2, -0.15) is 0 Å². The van der Waals surface area contributed by atoms with Crippen molar-refractivity contribution in [2.45, 2.75) is 38.5 Å². The van der Waals surface area contributed by atoms with Gasteiger partial charge in [0.05, 0.1) is 19.3 Å². The van der Waals surface area contributed by atoms with E-state index in [0.29, 0.717) is 6.54 Å². The molecule has 5 nitrogen and oxygen atoms in total. The van der Waals surface area contributed by atoms with Gasteiger partial charge >= 0.3 is 0 Å². The molecule has 2 fully saturated rings. The normalized spacial score (nSPS) is 25.1. The highest BCUT2D eigenvalue weighted by Crippen LogP contribution is 2.21. The van der Waals surface area contributed by atoms with Gasteiger partial charge in [0.1, 0.15) is 6.10 Å². The predicted octanol–water partition coefficient (Wildman–Crippen LogP) is 2.79. The van der Waals surface area contributed by atoms with Gasteiger partial charge in [-0.1, -0.05) is 28.1 Å². The molecule has 1 aromatic rings. The van der Waals surface area contributed by atoms with Crippen molar-refractivity contribution in [3.05, 3.63) is 34.3 Å². The number of hydrogen-bond acceptors (Lipinski definition) is 3. The van der Waals surface area contributed by atoms with Crippen molar-refractivity contribution < 1.29 is 9.47 Å². The Hall–Kier alpha value is -1.11. The monoisotopic (exact) mass is 395 g/mol. The van der Waals surface area contributed by atoms with E-state index in [1.165, 1.54) is 5.56 Å². The zero-order valence-electron chi connectivity index (χ0n) is 14.2. The summed E-state index contributed by atoms with van der Waals surface area (Å²) < 4.78 is 12.8. The number of nitrogens with one attached hydrogen (secondary N) is 1. The van der Waals surface area contributed by atoms with Gasteiger partial charge < -0.3 is 19.7 Å². The fraction of sp³-hybridized carbons (Fsp3) is 0.611. The molecule has 0 amide bonds. The van der Waals surface area contributed by atoms with Gasteiger partial charge in [-0.3, -0.25) is 0 Å². The third kappa shape index (κ3) is 4.71. The molecule has 0 bridgehead atoms. The molecule has 2 unspecified atom stereocenters. The lowest BCUT2D eigenvalue weighted by Gasteiger charge is -2.37. The number of ether oxygens (including phenoxy) is 2. The van der Waals surface area contributed by atoms with Gasteiger partial charge in [0.2, 0.25) is 0 Å². The highest BCUT2D eigenvalue weighted by Gasteiger charge is 2.32. The molecule has 0 aromatic heterocycles. The Morgan fingerprint density at radius 3 is 2.96 bits per heavy atom. The number of morpholine rings is 1. The lowest BCUT2D eigenvalue weighted by Crippen LogP contribution is -2.53. The highest BCUT2D eigenvalue weighted by atomic mass is 79.9. The van der Waals surface area contributed by atoms with Crippen LogP contribution in [0.15, 0.2) is 33.7 Å². The number of halogens is 1. The third-order valence-electron chi connectivity index (χ3n) is 4.41. The van der Waals surface area contributed by atoms with Gasteiger partial charge in [0.25, 0.3) is 0 Å². The highest BCUT2D eigenvalue weighted by molar-refractivity contribution is 9.10. The average Bonchev–Trinajstić information content (AvgIpc) is 3.13. The van der Waals surface area contributed by atoms with Crippen LogP contribution in [0, 0.1) is 0 Å². The van der Waals surface area contributed by atoms with E-state index in [0.717, 1.165) is 56.1 Å². The zero-order chi connectivity index (χ0) is 16.8. The van der Waals surface area contributed by atoms with Gasteiger partial charge in [-0.05, 0) is 37.5 Å². The summed E-state index contributed by atoms with van der Waals surface area (Å²) in [5, 5.41) is 3.42. The molecule has 0 spiro atoms. The maximum Gasteiger partial charge on any atom is 0.194 e. The number of aliphatic imine (C=N–C) groups is 1. The summed E-state index contributed by atoms with van der Waals surface area (Å²) in [7, 11) is 0. The van der Waals surface area contributed by atoms with Crippen molar-refractivity contribution >= 4 is 21.9 Å². The van der Waals surface area contributed by atoms with Crippen LogP contribution in [0.25, 0.3) is 0 Å². The Balaban J connectivity index is 1.66. The maximum absolute atomic E-state index is 5.94. The van der Waals surface area contributed by atoms with E-state index < -0.39 is 0 Å². The molecule has 24 heavy (non-hydrogen) atoms. The van der Waals surface area contributed by atoms with Gasteiger partial charge in [-0.15, -0.1) is 0 Å². The Morgan fingerprint density at radius 2 is 2.21 bits per heavy atom. The second kappa shape index (κ2) is 8.83. The van der Waals surface area contributed by atoms with E-state index in [-0.39, 0.29) is 12.2 Å². The van der Waals surface area contributed by atoms with E-state index in [9.17, 15) is 0 Å². The topological polar surface area (TPSA) is 46.1 Å². The Morgan fingerprint density at radius 1 is 1.33 bits per heavy atom. The Labute approximate surface area is 152 Å².